The fourth-order valence-electron chi connectivity index (χ4n) is 1.81. The molecule has 1 heteroatoms. The van der Waals surface area contributed by atoms with Crippen LogP contribution in [0.25, 0.3) is 11.6 Å². The van der Waals surface area contributed by atoms with E-state index in [-0.39, 0.29) is 5.78 Å². The number of carbonyl (C=O) groups is 1. The van der Waals surface area contributed by atoms with Crippen molar-refractivity contribution in [3.8, 4) is 0 Å². The lowest BCUT2D eigenvalue weighted by Crippen LogP contribution is -1.91. The van der Waals surface area contributed by atoms with E-state index >= 15 is 0 Å². The molecule has 94 valence electrons. The predicted octanol–water partition coefficient (Wildman–Crippen LogP) is 4.60. The topological polar surface area (TPSA) is 17.1 Å². The maximum Gasteiger partial charge on any atom is 0.159 e. The summed E-state index contributed by atoms with van der Waals surface area (Å²) in [5, 5.41) is 0. The number of benzene rings is 2. The summed E-state index contributed by atoms with van der Waals surface area (Å²) in [7, 11) is 0. The van der Waals surface area contributed by atoms with Crippen LogP contribution in [-0.4, -0.2) is 5.78 Å². The zero-order chi connectivity index (χ0) is 13.7. The SMILES string of the molecule is CC(=O)c1cccc(C=C=C(C)c2ccccc2)c1. The van der Waals surface area contributed by atoms with Crippen LogP contribution in [0, 0.1) is 0 Å². The number of hydrogen-bond acceptors (Lipinski definition) is 1. The molecule has 1 nitrogen and oxygen atoms in total. The lowest BCUT2D eigenvalue weighted by Gasteiger charge is -1.98. The van der Waals surface area contributed by atoms with Crippen LogP contribution in [0.15, 0.2) is 60.3 Å². The molecule has 0 amide bonds. The second kappa shape index (κ2) is 5.99. The van der Waals surface area contributed by atoms with Gasteiger partial charge in [-0.05, 0) is 42.7 Å². The molecule has 0 aliphatic rings. The van der Waals surface area contributed by atoms with E-state index in [4.69, 9.17) is 0 Å². The molecular formula is C18H16O. The van der Waals surface area contributed by atoms with Crippen molar-refractivity contribution < 1.29 is 4.79 Å². The first kappa shape index (κ1) is 13.1. The van der Waals surface area contributed by atoms with E-state index in [0.717, 1.165) is 22.3 Å². The van der Waals surface area contributed by atoms with Crippen molar-refractivity contribution >= 4 is 17.4 Å². The lowest BCUT2D eigenvalue weighted by atomic mass is 10.1. The minimum absolute atomic E-state index is 0.0824. The summed E-state index contributed by atoms with van der Waals surface area (Å²) in [6.07, 6.45) is 1.91. The molecular weight excluding hydrogens is 232 g/mol. The Hall–Kier alpha value is -2.37. The Balaban J connectivity index is 2.32. The van der Waals surface area contributed by atoms with Crippen LogP contribution in [0.3, 0.4) is 0 Å². The van der Waals surface area contributed by atoms with Crippen LogP contribution in [0.4, 0.5) is 0 Å². The van der Waals surface area contributed by atoms with Gasteiger partial charge in [0.05, 0.1) is 0 Å². The van der Waals surface area contributed by atoms with Gasteiger partial charge in [-0.3, -0.25) is 4.79 Å². The van der Waals surface area contributed by atoms with Gasteiger partial charge in [-0.15, -0.1) is 5.73 Å². The molecule has 0 aromatic heterocycles. The van der Waals surface area contributed by atoms with Crippen molar-refractivity contribution in [2.45, 2.75) is 13.8 Å². The highest BCUT2D eigenvalue weighted by atomic mass is 16.1. The Bertz CT molecular complexity index is 644. The van der Waals surface area contributed by atoms with Crippen LogP contribution >= 0.6 is 0 Å². The monoisotopic (exact) mass is 248 g/mol. The minimum atomic E-state index is 0.0824. The summed E-state index contributed by atoms with van der Waals surface area (Å²) in [6, 6.07) is 17.7. The molecule has 0 N–H and O–H groups in total. The third-order valence-electron chi connectivity index (χ3n) is 2.96. The summed E-state index contributed by atoms with van der Waals surface area (Å²) in [5.41, 5.74) is 7.21. The third kappa shape index (κ3) is 3.54. The molecule has 0 unspecified atom stereocenters. The van der Waals surface area contributed by atoms with Crippen LogP contribution in [0.5, 0.6) is 0 Å². The molecule has 2 rings (SSSR count). The Kier molecular flexibility index (Phi) is 4.12. The highest BCUT2D eigenvalue weighted by Crippen LogP contribution is 2.13. The van der Waals surface area contributed by atoms with E-state index in [0.29, 0.717) is 0 Å². The smallest absolute Gasteiger partial charge is 0.159 e. The number of rotatable bonds is 3. The maximum absolute atomic E-state index is 11.3. The van der Waals surface area contributed by atoms with Gasteiger partial charge in [-0.1, -0.05) is 48.5 Å². The van der Waals surface area contributed by atoms with E-state index in [2.05, 4.69) is 17.9 Å². The lowest BCUT2D eigenvalue weighted by molar-refractivity contribution is 0.101. The summed E-state index contributed by atoms with van der Waals surface area (Å²) in [6.45, 7) is 3.61. The van der Waals surface area contributed by atoms with E-state index in [1.165, 1.54) is 0 Å². The molecule has 0 aliphatic heterocycles. The molecule has 0 bridgehead atoms. The third-order valence-corrected chi connectivity index (χ3v) is 2.96. The van der Waals surface area contributed by atoms with Crippen molar-refractivity contribution in [2.24, 2.45) is 0 Å². The van der Waals surface area contributed by atoms with E-state index in [9.17, 15) is 4.79 Å². The van der Waals surface area contributed by atoms with E-state index in [1.54, 1.807) is 6.92 Å². The highest BCUT2D eigenvalue weighted by Gasteiger charge is 1.98. The molecule has 0 aliphatic carbocycles. The largest absolute Gasteiger partial charge is 0.295 e. The van der Waals surface area contributed by atoms with E-state index in [1.807, 2.05) is 55.5 Å². The Morgan fingerprint density at radius 3 is 2.32 bits per heavy atom. The zero-order valence-corrected chi connectivity index (χ0v) is 11.2. The van der Waals surface area contributed by atoms with Crippen LogP contribution in [0.1, 0.15) is 35.3 Å². The first-order valence-corrected chi connectivity index (χ1v) is 6.26. The number of allylic oxidation sites excluding steroid dienone is 1. The molecule has 2 aromatic rings. The second-order valence-corrected chi connectivity index (χ2v) is 4.46. The van der Waals surface area contributed by atoms with Gasteiger partial charge in [0.15, 0.2) is 5.78 Å². The molecule has 0 heterocycles. The number of hydrogen-bond donors (Lipinski definition) is 0. The average Bonchev–Trinajstić information content (AvgIpc) is 2.46. The number of Topliss-reactive ketones (excluding diaryl/α,β-unsaturated/α-hetero) is 1. The van der Waals surface area contributed by atoms with Gasteiger partial charge in [0, 0.05) is 5.56 Å². The molecule has 0 fully saturated rings. The first-order valence-electron chi connectivity index (χ1n) is 6.26. The summed E-state index contributed by atoms with van der Waals surface area (Å²) in [5.74, 6) is 0.0824. The molecule has 0 radical (unpaired) electrons. The standard InChI is InChI=1S/C18H16O/c1-14(17-8-4-3-5-9-17)11-12-16-7-6-10-18(13-16)15(2)19/h3-10,12-13H,1-2H3. The zero-order valence-electron chi connectivity index (χ0n) is 11.2. The van der Waals surface area contributed by atoms with Crippen LogP contribution < -0.4 is 0 Å². The predicted molar refractivity (Wildman–Crippen MR) is 79.9 cm³/mol. The second-order valence-electron chi connectivity index (χ2n) is 4.46. The first-order chi connectivity index (χ1) is 9.16. The maximum atomic E-state index is 11.3. The highest BCUT2D eigenvalue weighted by molar-refractivity contribution is 5.94. The van der Waals surface area contributed by atoms with Gasteiger partial charge < -0.3 is 0 Å². The van der Waals surface area contributed by atoms with Crippen LogP contribution in [0.2, 0.25) is 0 Å². The molecule has 0 saturated carbocycles. The summed E-state index contributed by atoms with van der Waals surface area (Å²) in [4.78, 5) is 11.3. The molecule has 0 atom stereocenters. The van der Waals surface area contributed by atoms with Crippen molar-refractivity contribution in [1.29, 1.82) is 0 Å². The van der Waals surface area contributed by atoms with Crippen molar-refractivity contribution in [2.75, 3.05) is 0 Å². The average molecular weight is 248 g/mol. The molecule has 0 spiro atoms. The minimum Gasteiger partial charge on any atom is -0.295 e. The van der Waals surface area contributed by atoms with Gasteiger partial charge in [0.1, 0.15) is 0 Å². The summed E-state index contributed by atoms with van der Waals surface area (Å²) >= 11 is 0. The molecule has 0 saturated heterocycles. The fraction of sp³-hybridized carbons (Fsp3) is 0.111. The van der Waals surface area contributed by atoms with Gasteiger partial charge in [-0.2, -0.15) is 0 Å². The Labute approximate surface area is 113 Å². The molecule has 19 heavy (non-hydrogen) atoms. The van der Waals surface area contributed by atoms with Gasteiger partial charge in [0.2, 0.25) is 0 Å². The van der Waals surface area contributed by atoms with Gasteiger partial charge >= 0.3 is 0 Å². The fourth-order valence-corrected chi connectivity index (χ4v) is 1.81. The van der Waals surface area contributed by atoms with Crippen LogP contribution in [-0.2, 0) is 0 Å². The number of carbonyl (C=O) groups excluding carboxylic acids is 1. The molecule has 2 aromatic carbocycles. The summed E-state index contributed by atoms with van der Waals surface area (Å²) < 4.78 is 0. The normalized spacial score (nSPS) is 9.58. The van der Waals surface area contributed by atoms with Gasteiger partial charge in [0.25, 0.3) is 0 Å². The van der Waals surface area contributed by atoms with Gasteiger partial charge in [-0.25, -0.2) is 0 Å². The van der Waals surface area contributed by atoms with E-state index < -0.39 is 0 Å². The Morgan fingerprint density at radius 1 is 0.947 bits per heavy atom. The quantitative estimate of drug-likeness (QED) is 0.573. The Morgan fingerprint density at radius 2 is 1.63 bits per heavy atom. The van der Waals surface area contributed by atoms with Crippen molar-refractivity contribution in [1.82, 2.24) is 0 Å². The van der Waals surface area contributed by atoms with Crippen molar-refractivity contribution in [3.63, 3.8) is 0 Å². The van der Waals surface area contributed by atoms with Crippen molar-refractivity contribution in [3.05, 3.63) is 77.0 Å². The number of ketones is 1.